The van der Waals surface area contributed by atoms with Gasteiger partial charge in [0.1, 0.15) is 0 Å². The van der Waals surface area contributed by atoms with E-state index in [1.807, 2.05) is 6.92 Å². The zero-order chi connectivity index (χ0) is 15.5. The molecule has 4 nitrogen and oxygen atoms in total. The van der Waals surface area contributed by atoms with Gasteiger partial charge in [0.05, 0.1) is 11.8 Å². The van der Waals surface area contributed by atoms with E-state index in [2.05, 4.69) is 0 Å². The number of sulfone groups is 1. The first kappa shape index (κ1) is 16.0. The van der Waals surface area contributed by atoms with Gasteiger partial charge in [0.2, 0.25) is 5.91 Å². The van der Waals surface area contributed by atoms with E-state index in [4.69, 9.17) is 11.6 Å². The van der Waals surface area contributed by atoms with Crippen LogP contribution in [0.4, 0.5) is 5.69 Å². The summed E-state index contributed by atoms with van der Waals surface area (Å²) in [7, 11) is -3.22. The number of rotatable bonds is 5. The summed E-state index contributed by atoms with van der Waals surface area (Å²) < 4.78 is 23.3. The largest absolute Gasteiger partial charge is 0.304 e. The number of carbonyl (C=O) groups is 1. The van der Waals surface area contributed by atoms with Crippen LogP contribution >= 0.6 is 11.6 Å². The van der Waals surface area contributed by atoms with Crippen molar-refractivity contribution < 1.29 is 13.2 Å². The van der Waals surface area contributed by atoms with Crippen molar-refractivity contribution in [3.63, 3.8) is 0 Å². The minimum Gasteiger partial charge on any atom is -0.304 e. The highest BCUT2D eigenvalue weighted by atomic mass is 35.5. The topological polar surface area (TPSA) is 54.5 Å². The number of carbonyl (C=O) groups excluding carboxylic acids is 1. The number of nitrogens with zero attached hydrogens (tertiary/aromatic N) is 1. The summed E-state index contributed by atoms with van der Waals surface area (Å²) in [5, 5.41) is 1.70. The van der Waals surface area contributed by atoms with Crippen LogP contribution in [-0.4, -0.2) is 26.1 Å². The smallest absolute Gasteiger partial charge is 0.227 e. The fourth-order valence-electron chi connectivity index (χ4n) is 2.31. The number of unbranched alkanes of at least 4 members (excludes halogenated alkanes) is 1. The third-order valence-electron chi connectivity index (χ3n) is 3.34. The molecule has 0 saturated heterocycles. The van der Waals surface area contributed by atoms with E-state index in [1.54, 1.807) is 35.2 Å². The predicted octanol–water partition coefficient (Wildman–Crippen LogP) is 3.17. The van der Waals surface area contributed by atoms with Crippen molar-refractivity contribution in [2.75, 3.05) is 10.7 Å². The van der Waals surface area contributed by atoms with Gasteiger partial charge in [-0.25, -0.2) is 8.42 Å². The van der Waals surface area contributed by atoms with Crippen LogP contribution in [0.15, 0.2) is 35.7 Å². The number of hydrogen-bond acceptors (Lipinski definition) is 3. The average molecular weight is 328 g/mol. The van der Waals surface area contributed by atoms with E-state index >= 15 is 0 Å². The van der Waals surface area contributed by atoms with Gasteiger partial charge in [0, 0.05) is 22.5 Å². The third-order valence-corrected chi connectivity index (χ3v) is 4.96. The van der Waals surface area contributed by atoms with E-state index in [-0.39, 0.29) is 11.7 Å². The Balaban J connectivity index is 2.31. The molecule has 0 bridgehead atoms. The summed E-state index contributed by atoms with van der Waals surface area (Å²) in [6.07, 6.45) is 3.65. The molecule has 1 aromatic rings. The molecular formula is C15H18ClNO3S. The summed E-state index contributed by atoms with van der Waals surface area (Å²) in [6.45, 7) is 2.01. The minimum atomic E-state index is -3.22. The lowest BCUT2D eigenvalue weighted by atomic mass is 10.1. The standard InChI is InChI=1S/C15H18ClNO3S/c1-2-3-7-15(18)17(13-6-4-5-12(16)10-13)14-8-9-21(19,20)11-14/h4-6,8-10,14H,2-3,7,11H2,1H3/t14-/m1/s1. The molecule has 0 N–H and O–H groups in total. The van der Waals surface area contributed by atoms with Crippen molar-refractivity contribution in [3.8, 4) is 0 Å². The lowest BCUT2D eigenvalue weighted by Crippen LogP contribution is -2.41. The molecule has 1 aromatic carbocycles. The van der Waals surface area contributed by atoms with Crippen molar-refractivity contribution in [1.82, 2.24) is 0 Å². The molecule has 1 heterocycles. The summed E-state index contributed by atoms with van der Waals surface area (Å²) in [5.74, 6) is -0.150. The zero-order valence-corrected chi connectivity index (χ0v) is 13.4. The van der Waals surface area contributed by atoms with Crippen LogP contribution in [0.5, 0.6) is 0 Å². The SMILES string of the molecule is CCCCC(=O)N(c1cccc(Cl)c1)[C@@H]1C=CS(=O)(=O)C1. The van der Waals surface area contributed by atoms with Crippen molar-refractivity contribution in [1.29, 1.82) is 0 Å². The van der Waals surface area contributed by atoms with Crippen molar-refractivity contribution >= 4 is 33.0 Å². The lowest BCUT2D eigenvalue weighted by Gasteiger charge is -2.28. The second-order valence-corrected chi connectivity index (χ2v) is 7.44. The van der Waals surface area contributed by atoms with Crippen LogP contribution < -0.4 is 4.90 Å². The summed E-state index contributed by atoms with van der Waals surface area (Å²) in [4.78, 5) is 14.0. The molecule has 2 rings (SSSR count). The summed E-state index contributed by atoms with van der Waals surface area (Å²) in [5.41, 5.74) is 0.635. The highest BCUT2D eigenvalue weighted by Crippen LogP contribution is 2.26. The van der Waals surface area contributed by atoms with Crippen LogP contribution in [0.1, 0.15) is 26.2 Å². The molecule has 1 atom stereocenters. The first-order valence-corrected chi connectivity index (χ1v) is 9.01. The Morgan fingerprint density at radius 3 is 2.76 bits per heavy atom. The van der Waals surface area contributed by atoms with Crippen LogP contribution in [0, 0.1) is 0 Å². The Bertz CT molecular complexity index is 655. The van der Waals surface area contributed by atoms with Gasteiger partial charge >= 0.3 is 0 Å². The van der Waals surface area contributed by atoms with E-state index in [0.29, 0.717) is 17.1 Å². The van der Waals surface area contributed by atoms with Gasteiger partial charge < -0.3 is 4.90 Å². The van der Waals surface area contributed by atoms with Gasteiger partial charge in [-0.1, -0.05) is 31.0 Å². The van der Waals surface area contributed by atoms with Crippen molar-refractivity contribution in [3.05, 3.63) is 40.8 Å². The van der Waals surface area contributed by atoms with Gasteiger partial charge in [0.25, 0.3) is 0 Å². The second kappa shape index (κ2) is 6.62. The third kappa shape index (κ3) is 4.08. The van der Waals surface area contributed by atoms with Gasteiger partial charge in [0.15, 0.2) is 9.84 Å². The molecule has 1 aliphatic rings. The number of benzene rings is 1. The Morgan fingerprint density at radius 1 is 1.43 bits per heavy atom. The Morgan fingerprint density at radius 2 is 2.19 bits per heavy atom. The van der Waals surface area contributed by atoms with E-state index in [1.165, 1.54) is 5.41 Å². The molecule has 114 valence electrons. The van der Waals surface area contributed by atoms with Crippen LogP contribution in [0.3, 0.4) is 0 Å². The summed E-state index contributed by atoms with van der Waals surface area (Å²) >= 11 is 5.99. The normalized spacial score (nSPS) is 19.6. The molecule has 0 aliphatic carbocycles. The lowest BCUT2D eigenvalue weighted by molar-refractivity contribution is -0.118. The maximum atomic E-state index is 12.5. The highest BCUT2D eigenvalue weighted by molar-refractivity contribution is 7.94. The Labute approximate surface area is 130 Å². The van der Waals surface area contributed by atoms with E-state index < -0.39 is 15.9 Å². The molecule has 0 saturated carbocycles. The highest BCUT2D eigenvalue weighted by Gasteiger charge is 2.31. The molecule has 0 fully saturated rings. The molecule has 21 heavy (non-hydrogen) atoms. The molecule has 1 amide bonds. The first-order valence-electron chi connectivity index (χ1n) is 6.91. The van der Waals surface area contributed by atoms with E-state index in [0.717, 1.165) is 12.8 Å². The first-order chi connectivity index (χ1) is 9.93. The number of anilines is 1. The Kier molecular flexibility index (Phi) is 5.06. The fourth-order valence-corrected chi connectivity index (χ4v) is 3.77. The number of hydrogen-bond donors (Lipinski definition) is 0. The van der Waals surface area contributed by atoms with Crippen LogP contribution in [0.2, 0.25) is 5.02 Å². The molecule has 6 heteroatoms. The van der Waals surface area contributed by atoms with Crippen molar-refractivity contribution in [2.45, 2.75) is 32.2 Å². The fraction of sp³-hybridized carbons (Fsp3) is 0.400. The van der Waals surface area contributed by atoms with Gasteiger partial charge in [-0.3, -0.25) is 4.79 Å². The average Bonchev–Trinajstić information content (AvgIpc) is 2.77. The Hall–Kier alpha value is -1.33. The maximum absolute atomic E-state index is 12.5. The quantitative estimate of drug-likeness (QED) is 0.834. The molecule has 1 aliphatic heterocycles. The maximum Gasteiger partial charge on any atom is 0.227 e. The van der Waals surface area contributed by atoms with Crippen LogP contribution in [0.25, 0.3) is 0 Å². The van der Waals surface area contributed by atoms with Gasteiger partial charge in [-0.15, -0.1) is 0 Å². The number of amides is 1. The van der Waals surface area contributed by atoms with E-state index in [9.17, 15) is 13.2 Å². The van der Waals surface area contributed by atoms with Gasteiger partial charge in [-0.2, -0.15) is 0 Å². The predicted molar refractivity (Wildman–Crippen MR) is 85.2 cm³/mol. The van der Waals surface area contributed by atoms with Crippen LogP contribution in [-0.2, 0) is 14.6 Å². The zero-order valence-electron chi connectivity index (χ0n) is 11.8. The molecule has 0 spiro atoms. The molecule has 0 unspecified atom stereocenters. The van der Waals surface area contributed by atoms with Crippen molar-refractivity contribution in [2.24, 2.45) is 0 Å². The second-order valence-electron chi connectivity index (χ2n) is 5.07. The number of halogens is 1. The minimum absolute atomic E-state index is 0.0720. The molecule has 0 radical (unpaired) electrons. The van der Waals surface area contributed by atoms with Gasteiger partial charge in [-0.05, 0) is 30.7 Å². The molecular weight excluding hydrogens is 310 g/mol. The monoisotopic (exact) mass is 327 g/mol. The molecule has 0 aromatic heterocycles. The summed E-state index contributed by atoms with van der Waals surface area (Å²) in [6, 6.07) is 6.47.